The summed E-state index contributed by atoms with van der Waals surface area (Å²) < 4.78 is 6.80. The Morgan fingerprint density at radius 3 is 3.11 bits per heavy atom. The second-order valence-electron chi connectivity index (χ2n) is 3.63. The summed E-state index contributed by atoms with van der Waals surface area (Å²) in [5.41, 5.74) is 0.855. The Kier molecular flexibility index (Phi) is 3.98. The molecule has 0 aliphatic heterocycles. The highest BCUT2D eigenvalue weighted by molar-refractivity contribution is 7.99. The van der Waals surface area contributed by atoms with Crippen molar-refractivity contribution >= 4 is 17.7 Å². The first-order valence-electron chi connectivity index (χ1n) is 5.29. The van der Waals surface area contributed by atoms with E-state index < -0.39 is 5.97 Å². The zero-order valence-corrected chi connectivity index (χ0v) is 10.6. The van der Waals surface area contributed by atoms with Crippen molar-refractivity contribution in [3.05, 3.63) is 24.1 Å². The van der Waals surface area contributed by atoms with E-state index in [1.165, 1.54) is 18.1 Å². The molecule has 0 atom stereocenters. The number of imidazole rings is 1. The van der Waals surface area contributed by atoms with E-state index in [0.29, 0.717) is 24.0 Å². The summed E-state index contributed by atoms with van der Waals surface area (Å²) in [5.74, 6) is -0.309. The highest BCUT2D eigenvalue weighted by atomic mass is 32.2. The summed E-state index contributed by atoms with van der Waals surface area (Å²) in [4.78, 5) is 18.8. The normalized spacial score (nSPS) is 10.7. The van der Waals surface area contributed by atoms with E-state index in [1.54, 1.807) is 0 Å². The maximum atomic E-state index is 10.5. The van der Waals surface area contributed by atoms with Gasteiger partial charge in [-0.1, -0.05) is 16.9 Å². The minimum Gasteiger partial charge on any atom is -0.481 e. The van der Waals surface area contributed by atoms with Crippen molar-refractivity contribution in [3.63, 3.8) is 0 Å². The van der Waals surface area contributed by atoms with Gasteiger partial charge in [-0.05, 0) is 6.92 Å². The van der Waals surface area contributed by atoms with Crippen molar-refractivity contribution in [1.29, 1.82) is 0 Å². The Bertz CT molecular complexity index is 523. The zero-order valence-electron chi connectivity index (χ0n) is 9.74. The lowest BCUT2D eigenvalue weighted by molar-refractivity contribution is -0.133. The SMILES string of the molecule is Cc1cn(CCc2ncno2)c(SCC(=O)O)n1. The van der Waals surface area contributed by atoms with Crippen LogP contribution in [0.1, 0.15) is 11.6 Å². The lowest BCUT2D eigenvalue weighted by Gasteiger charge is -2.04. The molecule has 0 aliphatic carbocycles. The minimum absolute atomic E-state index is 0.00297. The van der Waals surface area contributed by atoms with E-state index in [1.807, 2.05) is 17.7 Å². The number of carboxylic acids is 1. The van der Waals surface area contributed by atoms with E-state index in [9.17, 15) is 4.79 Å². The topological polar surface area (TPSA) is 94.0 Å². The van der Waals surface area contributed by atoms with Crippen LogP contribution < -0.4 is 0 Å². The van der Waals surface area contributed by atoms with Crippen molar-refractivity contribution < 1.29 is 14.4 Å². The Labute approximate surface area is 107 Å². The summed E-state index contributed by atoms with van der Waals surface area (Å²) in [7, 11) is 0. The molecular weight excluding hydrogens is 256 g/mol. The van der Waals surface area contributed by atoms with Crippen LogP contribution in [0.3, 0.4) is 0 Å². The van der Waals surface area contributed by atoms with Crippen molar-refractivity contribution in [3.8, 4) is 0 Å². The number of carboxylic acid groups (broad SMARTS) is 1. The Hall–Kier alpha value is -1.83. The van der Waals surface area contributed by atoms with Crippen molar-refractivity contribution in [2.45, 2.75) is 25.0 Å². The van der Waals surface area contributed by atoms with Crippen molar-refractivity contribution in [2.75, 3.05) is 5.75 Å². The summed E-state index contributed by atoms with van der Waals surface area (Å²) in [6.07, 6.45) is 3.82. The fraction of sp³-hybridized carbons (Fsp3) is 0.400. The summed E-state index contributed by atoms with van der Waals surface area (Å²) >= 11 is 1.20. The maximum absolute atomic E-state index is 10.5. The molecule has 0 fully saturated rings. The van der Waals surface area contributed by atoms with Gasteiger partial charge in [-0.25, -0.2) is 4.98 Å². The third kappa shape index (κ3) is 3.33. The number of carbonyl (C=O) groups is 1. The highest BCUT2D eigenvalue weighted by Gasteiger charge is 2.09. The molecule has 96 valence electrons. The number of nitrogens with zero attached hydrogens (tertiary/aromatic N) is 4. The van der Waals surface area contributed by atoms with Gasteiger partial charge < -0.3 is 14.2 Å². The van der Waals surface area contributed by atoms with Crippen LogP contribution in [0.2, 0.25) is 0 Å². The first-order chi connectivity index (χ1) is 8.65. The van der Waals surface area contributed by atoms with E-state index in [2.05, 4.69) is 15.1 Å². The second kappa shape index (κ2) is 5.67. The predicted octanol–water partition coefficient (Wildman–Crippen LogP) is 0.994. The lowest BCUT2D eigenvalue weighted by Crippen LogP contribution is -2.04. The molecule has 18 heavy (non-hydrogen) atoms. The summed E-state index contributed by atoms with van der Waals surface area (Å²) in [6.45, 7) is 2.50. The molecule has 0 aromatic carbocycles. The van der Waals surface area contributed by atoms with Crippen LogP contribution in [-0.4, -0.2) is 36.5 Å². The van der Waals surface area contributed by atoms with E-state index in [-0.39, 0.29) is 5.75 Å². The van der Waals surface area contributed by atoms with E-state index >= 15 is 0 Å². The molecule has 1 N–H and O–H groups in total. The third-order valence-corrected chi connectivity index (χ3v) is 3.13. The second-order valence-corrected chi connectivity index (χ2v) is 4.57. The van der Waals surface area contributed by atoms with Crippen molar-refractivity contribution in [1.82, 2.24) is 19.7 Å². The molecule has 2 rings (SSSR count). The largest absolute Gasteiger partial charge is 0.481 e. The Morgan fingerprint density at radius 2 is 2.44 bits per heavy atom. The predicted molar refractivity (Wildman–Crippen MR) is 63.3 cm³/mol. The Balaban J connectivity index is 2.00. The van der Waals surface area contributed by atoms with Crippen molar-refractivity contribution in [2.24, 2.45) is 0 Å². The maximum Gasteiger partial charge on any atom is 0.313 e. The monoisotopic (exact) mass is 268 g/mol. The van der Waals surface area contributed by atoms with E-state index in [4.69, 9.17) is 9.63 Å². The highest BCUT2D eigenvalue weighted by Crippen LogP contribution is 2.17. The van der Waals surface area contributed by atoms with Crippen LogP contribution in [0.15, 0.2) is 22.2 Å². The van der Waals surface area contributed by atoms with E-state index in [0.717, 1.165) is 5.69 Å². The van der Waals surface area contributed by atoms with Gasteiger partial charge >= 0.3 is 5.97 Å². The molecule has 0 radical (unpaired) electrons. The number of hydrogen-bond acceptors (Lipinski definition) is 6. The number of thioether (sulfide) groups is 1. The van der Waals surface area contributed by atoms with Crippen LogP contribution in [0.4, 0.5) is 0 Å². The minimum atomic E-state index is -0.857. The van der Waals surface area contributed by atoms with Gasteiger partial charge in [0.15, 0.2) is 11.5 Å². The molecule has 0 aliphatic rings. The first kappa shape index (κ1) is 12.6. The van der Waals surface area contributed by atoms with Crippen LogP contribution in [0.25, 0.3) is 0 Å². The zero-order chi connectivity index (χ0) is 13.0. The van der Waals surface area contributed by atoms with Gasteiger partial charge in [-0.3, -0.25) is 4.79 Å². The fourth-order valence-corrected chi connectivity index (χ4v) is 2.22. The Morgan fingerprint density at radius 1 is 1.61 bits per heavy atom. The number of aryl methyl sites for hydroxylation is 3. The molecule has 0 spiro atoms. The van der Waals surface area contributed by atoms with Crippen LogP contribution >= 0.6 is 11.8 Å². The lowest BCUT2D eigenvalue weighted by atomic mass is 10.4. The molecule has 2 heterocycles. The van der Waals surface area contributed by atoms with Gasteiger partial charge in [0.05, 0.1) is 11.4 Å². The number of aliphatic carboxylic acids is 1. The quantitative estimate of drug-likeness (QED) is 0.781. The molecule has 0 unspecified atom stereocenters. The average molecular weight is 268 g/mol. The van der Waals surface area contributed by atoms with Gasteiger partial charge in [0, 0.05) is 19.2 Å². The number of rotatable bonds is 6. The van der Waals surface area contributed by atoms with Crippen LogP contribution in [0.5, 0.6) is 0 Å². The average Bonchev–Trinajstić information content (AvgIpc) is 2.92. The molecule has 0 bridgehead atoms. The summed E-state index contributed by atoms with van der Waals surface area (Å²) in [6, 6.07) is 0. The third-order valence-electron chi connectivity index (χ3n) is 2.16. The smallest absolute Gasteiger partial charge is 0.313 e. The molecule has 0 saturated heterocycles. The van der Waals surface area contributed by atoms with Gasteiger partial charge in [0.1, 0.15) is 0 Å². The van der Waals surface area contributed by atoms with Gasteiger partial charge in [-0.15, -0.1) is 0 Å². The van der Waals surface area contributed by atoms with Crippen LogP contribution in [0, 0.1) is 6.92 Å². The molecule has 0 amide bonds. The standard InChI is InChI=1S/C10H12N4O3S/c1-7-4-14(3-2-8-11-6-12-17-8)10(13-7)18-5-9(15)16/h4,6H,2-3,5H2,1H3,(H,15,16). The molecular formula is C10H12N4O3S. The summed E-state index contributed by atoms with van der Waals surface area (Å²) in [5, 5.41) is 12.9. The molecule has 2 aromatic rings. The number of aromatic nitrogens is 4. The number of hydrogen-bond donors (Lipinski definition) is 1. The van der Waals surface area contributed by atoms with Gasteiger partial charge in [-0.2, -0.15) is 4.98 Å². The van der Waals surface area contributed by atoms with Crippen LogP contribution in [-0.2, 0) is 17.8 Å². The molecule has 7 nitrogen and oxygen atoms in total. The molecule has 8 heteroatoms. The van der Waals surface area contributed by atoms with Gasteiger partial charge in [0.2, 0.25) is 5.89 Å². The first-order valence-corrected chi connectivity index (χ1v) is 6.27. The van der Waals surface area contributed by atoms with Gasteiger partial charge in [0.25, 0.3) is 0 Å². The molecule has 2 aromatic heterocycles. The molecule has 0 saturated carbocycles. The fourth-order valence-electron chi connectivity index (χ4n) is 1.45.